The van der Waals surface area contributed by atoms with Gasteiger partial charge in [0.2, 0.25) is 0 Å². The van der Waals surface area contributed by atoms with Crippen LogP contribution in [0.3, 0.4) is 0 Å². The summed E-state index contributed by atoms with van der Waals surface area (Å²) in [7, 11) is 0. The van der Waals surface area contributed by atoms with Crippen LogP contribution < -0.4 is 10.9 Å². The van der Waals surface area contributed by atoms with E-state index in [1.54, 1.807) is 24.4 Å². The third kappa shape index (κ3) is 3.19. The minimum absolute atomic E-state index is 0.0461. The van der Waals surface area contributed by atoms with Crippen molar-refractivity contribution in [1.29, 1.82) is 0 Å². The molecule has 1 amide bonds. The van der Waals surface area contributed by atoms with Crippen LogP contribution in [0, 0.1) is 13.8 Å². The van der Waals surface area contributed by atoms with E-state index in [9.17, 15) is 9.59 Å². The van der Waals surface area contributed by atoms with Crippen molar-refractivity contribution in [2.24, 2.45) is 0 Å². The van der Waals surface area contributed by atoms with E-state index >= 15 is 0 Å². The summed E-state index contributed by atoms with van der Waals surface area (Å²) < 4.78 is 3.28. The van der Waals surface area contributed by atoms with Crippen LogP contribution in [0.1, 0.15) is 28.2 Å². The van der Waals surface area contributed by atoms with Crippen molar-refractivity contribution in [2.45, 2.75) is 26.8 Å². The van der Waals surface area contributed by atoms with Crippen molar-refractivity contribution in [3.63, 3.8) is 0 Å². The lowest BCUT2D eigenvalue weighted by molar-refractivity contribution is 0.0950. The van der Waals surface area contributed by atoms with Crippen LogP contribution in [-0.4, -0.2) is 31.6 Å². The lowest BCUT2D eigenvalue weighted by Gasteiger charge is -2.07. The van der Waals surface area contributed by atoms with E-state index in [1.165, 1.54) is 10.6 Å². The van der Waals surface area contributed by atoms with Gasteiger partial charge >= 0.3 is 0 Å². The van der Waals surface area contributed by atoms with E-state index in [0.29, 0.717) is 12.2 Å². The van der Waals surface area contributed by atoms with Crippen LogP contribution >= 0.6 is 0 Å². The third-order valence-corrected chi connectivity index (χ3v) is 3.79. The van der Waals surface area contributed by atoms with Gasteiger partial charge in [0.25, 0.3) is 11.5 Å². The first-order valence-electron chi connectivity index (χ1n) is 7.82. The van der Waals surface area contributed by atoms with Crippen LogP contribution in [0.4, 0.5) is 0 Å². The molecule has 0 aliphatic heterocycles. The molecule has 3 rings (SSSR count). The van der Waals surface area contributed by atoms with E-state index in [0.717, 1.165) is 24.4 Å². The fourth-order valence-corrected chi connectivity index (χ4v) is 2.61. The number of fused-ring (bicyclic) bond motifs is 1. The minimum Gasteiger partial charge on any atom is -0.352 e. The Morgan fingerprint density at radius 2 is 2.12 bits per heavy atom. The summed E-state index contributed by atoms with van der Waals surface area (Å²) in [6.45, 7) is 5.13. The minimum atomic E-state index is -0.404. The standard InChI is InChI=1S/C17H19N5O2/c1-12-10-13(2)22(20-12)9-5-7-18-16(23)14-11-19-15-6-3-4-8-21(15)17(14)24/h3-4,6,8,10-11H,5,7,9H2,1-2H3,(H,18,23). The van der Waals surface area contributed by atoms with Gasteiger partial charge in [-0.3, -0.25) is 18.7 Å². The third-order valence-electron chi connectivity index (χ3n) is 3.79. The first kappa shape index (κ1) is 15.9. The number of nitrogens with one attached hydrogen (secondary N) is 1. The molecule has 24 heavy (non-hydrogen) atoms. The fraction of sp³-hybridized carbons (Fsp3) is 0.294. The maximum Gasteiger partial charge on any atom is 0.270 e. The molecule has 0 fully saturated rings. The smallest absolute Gasteiger partial charge is 0.270 e. The number of rotatable bonds is 5. The summed E-state index contributed by atoms with van der Waals surface area (Å²) in [5.74, 6) is -0.404. The van der Waals surface area contributed by atoms with E-state index in [4.69, 9.17) is 0 Å². The predicted octanol–water partition coefficient (Wildman–Crippen LogP) is 1.33. The Bertz CT molecular complexity index is 942. The summed E-state index contributed by atoms with van der Waals surface area (Å²) in [5.41, 5.74) is 2.27. The number of aromatic nitrogens is 4. The van der Waals surface area contributed by atoms with Gasteiger partial charge in [-0.2, -0.15) is 5.10 Å². The average Bonchev–Trinajstić information content (AvgIpc) is 2.89. The van der Waals surface area contributed by atoms with E-state index in [-0.39, 0.29) is 11.1 Å². The monoisotopic (exact) mass is 325 g/mol. The van der Waals surface area contributed by atoms with Crippen molar-refractivity contribution < 1.29 is 4.79 Å². The molecule has 0 atom stereocenters. The molecule has 0 aliphatic rings. The highest BCUT2D eigenvalue weighted by atomic mass is 16.2. The zero-order valence-corrected chi connectivity index (χ0v) is 13.7. The molecule has 0 aliphatic carbocycles. The van der Waals surface area contributed by atoms with Gasteiger partial charge in [0.15, 0.2) is 0 Å². The molecular weight excluding hydrogens is 306 g/mol. The molecule has 0 unspecified atom stereocenters. The van der Waals surface area contributed by atoms with E-state index < -0.39 is 5.91 Å². The van der Waals surface area contributed by atoms with Crippen LogP contribution in [0.5, 0.6) is 0 Å². The van der Waals surface area contributed by atoms with Crippen LogP contribution in [0.2, 0.25) is 0 Å². The summed E-state index contributed by atoms with van der Waals surface area (Å²) in [6, 6.07) is 7.25. The molecule has 0 spiro atoms. The number of nitrogens with zero attached hydrogens (tertiary/aromatic N) is 4. The van der Waals surface area contributed by atoms with Gasteiger partial charge in [-0.25, -0.2) is 4.98 Å². The zero-order valence-electron chi connectivity index (χ0n) is 13.7. The Balaban J connectivity index is 1.62. The Labute approximate surface area is 139 Å². The summed E-state index contributed by atoms with van der Waals surface area (Å²) in [6.07, 6.45) is 3.66. The largest absolute Gasteiger partial charge is 0.352 e. The average molecular weight is 325 g/mol. The number of hydrogen-bond donors (Lipinski definition) is 1. The molecule has 0 saturated heterocycles. The van der Waals surface area contributed by atoms with Crippen LogP contribution in [0.15, 0.2) is 41.5 Å². The Hall–Kier alpha value is -2.96. The van der Waals surface area contributed by atoms with E-state index in [1.807, 2.05) is 24.6 Å². The summed E-state index contributed by atoms with van der Waals surface area (Å²) in [4.78, 5) is 28.7. The highest BCUT2D eigenvalue weighted by Crippen LogP contribution is 2.02. The number of carbonyl (C=O) groups excluding carboxylic acids is 1. The molecule has 0 aromatic carbocycles. The molecule has 1 N–H and O–H groups in total. The van der Waals surface area contributed by atoms with Crippen LogP contribution in [0.25, 0.3) is 5.65 Å². The lowest BCUT2D eigenvalue weighted by atomic mass is 10.3. The fourth-order valence-electron chi connectivity index (χ4n) is 2.61. The van der Waals surface area contributed by atoms with Crippen molar-refractivity contribution in [1.82, 2.24) is 24.5 Å². The Morgan fingerprint density at radius 3 is 2.88 bits per heavy atom. The molecule has 0 radical (unpaired) electrons. The molecule has 7 nitrogen and oxygen atoms in total. The number of aryl methyl sites for hydroxylation is 3. The SMILES string of the molecule is Cc1cc(C)n(CCCNC(=O)c2cnc3ccccn3c2=O)n1. The molecule has 3 heterocycles. The Kier molecular flexibility index (Phi) is 4.41. The van der Waals surface area contributed by atoms with Crippen molar-refractivity contribution in [3.05, 3.63) is 64.0 Å². The van der Waals surface area contributed by atoms with E-state index in [2.05, 4.69) is 15.4 Å². The van der Waals surface area contributed by atoms with Gasteiger partial charge in [0.1, 0.15) is 11.2 Å². The first-order chi connectivity index (χ1) is 11.6. The van der Waals surface area contributed by atoms with Gasteiger partial charge < -0.3 is 5.32 Å². The second kappa shape index (κ2) is 6.66. The second-order valence-electron chi connectivity index (χ2n) is 5.67. The second-order valence-corrected chi connectivity index (χ2v) is 5.67. The number of hydrogen-bond acceptors (Lipinski definition) is 4. The summed E-state index contributed by atoms with van der Waals surface area (Å²) >= 11 is 0. The molecular formula is C17H19N5O2. The maximum absolute atomic E-state index is 12.3. The molecule has 124 valence electrons. The lowest BCUT2D eigenvalue weighted by Crippen LogP contribution is -2.32. The van der Waals surface area contributed by atoms with Crippen LogP contribution in [-0.2, 0) is 6.54 Å². The number of pyridine rings is 1. The van der Waals surface area contributed by atoms with Gasteiger partial charge in [-0.05, 0) is 38.5 Å². The molecule has 0 saturated carbocycles. The molecule has 0 bridgehead atoms. The quantitative estimate of drug-likeness (QED) is 0.718. The normalized spacial score (nSPS) is 10.9. The molecule has 3 aromatic rings. The van der Waals surface area contributed by atoms with Gasteiger partial charge in [-0.15, -0.1) is 0 Å². The maximum atomic E-state index is 12.3. The van der Waals surface area contributed by atoms with Crippen molar-refractivity contribution >= 4 is 11.6 Å². The number of amides is 1. The van der Waals surface area contributed by atoms with Crippen molar-refractivity contribution in [3.8, 4) is 0 Å². The Morgan fingerprint density at radius 1 is 1.29 bits per heavy atom. The first-order valence-corrected chi connectivity index (χ1v) is 7.82. The zero-order chi connectivity index (χ0) is 17.1. The highest BCUT2D eigenvalue weighted by Gasteiger charge is 2.12. The number of carbonyl (C=O) groups is 1. The molecule has 7 heteroatoms. The van der Waals surface area contributed by atoms with Gasteiger partial charge in [0, 0.05) is 31.2 Å². The van der Waals surface area contributed by atoms with Gasteiger partial charge in [-0.1, -0.05) is 6.07 Å². The topological polar surface area (TPSA) is 81.3 Å². The highest BCUT2D eigenvalue weighted by molar-refractivity contribution is 5.93. The predicted molar refractivity (Wildman–Crippen MR) is 90.1 cm³/mol. The summed E-state index contributed by atoms with van der Waals surface area (Å²) in [5, 5.41) is 7.14. The molecule has 3 aromatic heterocycles. The van der Waals surface area contributed by atoms with Gasteiger partial charge in [0.05, 0.1) is 5.69 Å². The van der Waals surface area contributed by atoms with Crippen molar-refractivity contribution in [2.75, 3.05) is 6.54 Å².